The summed E-state index contributed by atoms with van der Waals surface area (Å²) in [6, 6.07) is 7.55. The second-order valence-corrected chi connectivity index (χ2v) is 6.96. The van der Waals surface area contributed by atoms with Crippen molar-refractivity contribution in [1.82, 2.24) is 15.1 Å². The number of nitrogens with zero attached hydrogens (tertiary/aromatic N) is 4. The molecule has 3 aromatic rings. The topological polar surface area (TPSA) is 101 Å². The van der Waals surface area contributed by atoms with Crippen molar-refractivity contribution in [2.45, 2.75) is 25.9 Å². The molecule has 0 fully saturated rings. The third-order valence-electron chi connectivity index (χ3n) is 4.65. The smallest absolute Gasteiger partial charge is 0.222 e. The molecule has 1 aliphatic rings. The highest BCUT2D eigenvalue weighted by Gasteiger charge is 2.33. The lowest BCUT2D eigenvalue weighted by Crippen LogP contribution is -2.23. The van der Waals surface area contributed by atoms with Gasteiger partial charge in [-0.05, 0) is 37.5 Å². The van der Waals surface area contributed by atoms with Gasteiger partial charge in [0.25, 0.3) is 0 Å². The zero-order valence-electron chi connectivity index (χ0n) is 14.4. The normalized spacial score (nSPS) is 15.8. The van der Waals surface area contributed by atoms with Gasteiger partial charge in [-0.1, -0.05) is 28.9 Å². The van der Waals surface area contributed by atoms with Crippen LogP contribution in [0.2, 0.25) is 5.02 Å². The van der Waals surface area contributed by atoms with Gasteiger partial charge >= 0.3 is 0 Å². The Morgan fingerprint density at radius 1 is 1.35 bits per heavy atom. The number of hydrogen-bond donors (Lipinski definition) is 2. The van der Waals surface area contributed by atoms with Crippen molar-refractivity contribution >= 4 is 29.1 Å². The molecule has 4 rings (SSSR count). The third kappa shape index (κ3) is 2.69. The van der Waals surface area contributed by atoms with Crippen LogP contribution in [-0.2, 0) is 12.0 Å². The molecule has 8 heteroatoms. The van der Waals surface area contributed by atoms with Crippen molar-refractivity contribution < 1.29 is 9.63 Å². The fraction of sp³-hybridized carbons (Fsp3) is 0.278. The molecule has 1 aliphatic heterocycles. The molecule has 0 saturated carbocycles. The van der Waals surface area contributed by atoms with E-state index in [0.29, 0.717) is 27.9 Å². The van der Waals surface area contributed by atoms with Crippen LogP contribution in [0.3, 0.4) is 0 Å². The van der Waals surface area contributed by atoms with Gasteiger partial charge in [-0.25, -0.2) is 4.98 Å². The number of nitrogens with two attached hydrogens (primary N) is 1. The molecule has 0 aliphatic carbocycles. The Balaban J connectivity index is 1.78. The monoisotopic (exact) mass is 371 g/mol. The Labute approximate surface area is 155 Å². The first-order valence-electron chi connectivity index (χ1n) is 8.21. The van der Waals surface area contributed by atoms with Crippen LogP contribution in [0.4, 0.5) is 17.5 Å². The Morgan fingerprint density at radius 2 is 2.15 bits per heavy atom. The number of aliphatic hydroxyl groups is 1. The van der Waals surface area contributed by atoms with Gasteiger partial charge in [-0.2, -0.15) is 4.98 Å². The maximum absolute atomic E-state index is 11.0. The largest absolute Gasteiger partial charge is 0.377 e. The van der Waals surface area contributed by atoms with E-state index in [1.54, 1.807) is 13.0 Å². The van der Waals surface area contributed by atoms with Crippen molar-refractivity contribution in [3.05, 3.63) is 58.1 Å². The number of hydrogen-bond acceptors (Lipinski definition) is 7. The molecule has 0 radical (unpaired) electrons. The molecule has 0 amide bonds. The van der Waals surface area contributed by atoms with E-state index in [9.17, 15) is 5.11 Å². The quantitative estimate of drug-likeness (QED) is 0.729. The average Bonchev–Trinajstić information content (AvgIpc) is 3.23. The van der Waals surface area contributed by atoms with E-state index in [4.69, 9.17) is 21.9 Å². The van der Waals surface area contributed by atoms with E-state index >= 15 is 0 Å². The number of halogens is 1. The molecule has 3 heterocycles. The molecule has 3 N–H and O–H groups in total. The minimum absolute atomic E-state index is 0.165. The lowest BCUT2D eigenvalue weighted by Gasteiger charge is -2.24. The first-order valence-corrected chi connectivity index (χ1v) is 8.59. The Morgan fingerprint density at radius 3 is 2.88 bits per heavy atom. The first kappa shape index (κ1) is 16.8. The van der Waals surface area contributed by atoms with Crippen molar-refractivity contribution in [3.8, 4) is 0 Å². The standard InChI is InChI=1S/C18H18ClN5O2/c1-10-7-15(26-23-10)18(2,25)12-4-3-11-5-6-24(14(11)8-12)16-13(19)9-21-17(20)22-16/h3-4,7-9,25H,5-6H2,1-2H3,(H2,20,21,22)/t18-/m1/s1. The zero-order chi connectivity index (χ0) is 18.5. The van der Waals surface area contributed by atoms with E-state index < -0.39 is 5.60 Å². The molecule has 1 atom stereocenters. The molecule has 0 bridgehead atoms. The highest BCUT2D eigenvalue weighted by atomic mass is 35.5. The van der Waals surface area contributed by atoms with Crippen LogP contribution < -0.4 is 10.6 Å². The minimum atomic E-state index is -1.31. The highest BCUT2D eigenvalue weighted by molar-refractivity contribution is 6.33. The number of nitrogen functional groups attached to an aromatic ring is 1. The van der Waals surface area contributed by atoms with Gasteiger partial charge in [0.1, 0.15) is 10.6 Å². The van der Waals surface area contributed by atoms with Crippen LogP contribution in [0.25, 0.3) is 0 Å². The number of fused-ring (bicyclic) bond motifs is 1. The van der Waals surface area contributed by atoms with Crippen LogP contribution in [0, 0.1) is 6.92 Å². The molecule has 2 aromatic heterocycles. The fourth-order valence-corrected chi connectivity index (χ4v) is 3.39. The summed E-state index contributed by atoms with van der Waals surface area (Å²) < 4.78 is 5.28. The zero-order valence-corrected chi connectivity index (χ0v) is 15.2. The maximum Gasteiger partial charge on any atom is 0.222 e. The number of aromatic nitrogens is 3. The SMILES string of the molecule is Cc1cc([C@](C)(O)c2ccc3c(c2)N(c2nc(N)ncc2Cl)CC3)on1. The molecular formula is C18H18ClN5O2. The molecule has 7 nitrogen and oxygen atoms in total. The minimum Gasteiger partial charge on any atom is -0.377 e. The van der Waals surface area contributed by atoms with Crippen LogP contribution in [0.15, 0.2) is 35.0 Å². The van der Waals surface area contributed by atoms with Crippen molar-refractivity contribution in [2.75, 3.05) is 17.2 Å². The molecule has 134 valence electrons. The Bertz CT molecular complexity index is 985. The number of rotatable bonds is 3. The number of aryl methyl sites for hydroxylation is 1. The van der Waals surface area contributed by atoms with Crippen LogP contribution in [0.1, 0.15) is 29.5 Å². The molecule has 0 spiro atoms. The van der Waals surface area contributed by atoms with E-state index in [0.717, 1.165) is 24.2 Å². The van der Waals surface area contributed by atoms with Gasteiger partial charge in [0, 0.05) is 18.3 Å². The van der Waals surface area contributed by atoms with E-state index in [1.807, 2.05) is 30.0 Å². The highest BCUT2D eigenvalue weighted by Crippen LogP contribution is 2.40. The number of anilines is 3. The van der Waals surface area contributed by atoms with E-state index in [2.05, 4.69) is 15.1 Å². The predicted molar refractivity (Wildman–Crippen MR) is 98.5 cm³/mol. The molecule has 1 aromatic carbocycles. The van der Waals surface area contributed by atoms with Gasteiger partial charge in [0.05, 0.1) is 11.9 Å². The number of benzene rings is 1. The van der Waals surface area contributed by atoms with Gasteiger partial charge in [-0.15, -0.1) is 0 Å². The summed E-state index contributed by atoms with van der Waals surface area (Å²) in [6.45, 7) is 4.22. The van der Waals surface area contributed by atoms with E-state index in [-0.39, 0.29) is 5.95 Å². The van der Waals surface area contributed by atoms with Crippen LogP contribution in [-0.4, -0.2) is 26.8 Å². The summed E-state index contributed by atoms with van der Waals surface area (Å²) in [5.41, 5.74) is 7.90. The van der Waals surface area contributed by atoms with Crippen molar-refractivity contribution in [3.63, 3.8) is 0 Å². The lowest BCUT2D eigenvalue weighted by molar-refractivity contribution is 0.0694. The van der Waals surface area contributed by atoms with Crippen LogP contribution >= 0.6 is 11.6 Å². The van der Waals surface area contributed by atoms with E-state index in [1.165, 1.54) is 6.20 Å². The summed E-state index contributed by atoms with van der Waals surface area (Å²) in [5.74, 6) is 1.12. The summed E-state index contributed by atoms with van der Waals surface area (Å²) in [7, 11) is 0. The predicted octanol–water partition coefficient (Wildman–Crippen LogP) is 2.96. The fourth-order valence-electron chi connectivity index (χ4n) is 3.20. The van der Waals surface area contributed by atoms with Gasteiger partial charge in [0.15, 0.2) is 11.6 Å². The summed E-state index contributed by atoms with van der Waals surface area (Å²) in [6.07, 6.45) is 2.34. The van der Waals surface area contributed by atoms with Crippen molar-refractivity contribution in [1.29, 1.82) is 0 Å². The summed E-state index contributed by atoms with van der Waals surface area (Å²) >= 11 is 6.28. The van der Waals surface area contributed by atoms with Gasteiger partial charge in [-0.3, -0.25) is 0 Å². The Kier molecular flexibility index (Phi) is 3.86. The third-order valence-corrected chi connectivity index (χ3v) is 4.92. The molecular weight excluding hydrogens is 354 g/mol. The first-order chi connectivity index (χ1) is 12.4. The summed E-state index contributed by atoms with van der Waals surface area (Å²) in [4.78, 5) is 10.2. The van der Waals surface area contributed by atoms with Gasteiger partial charge < -0.3 is 20.3 Å². The second-order valence-electron chi connectivity index (χ2n) is 6.55. The average molecular weight is 372 g/mol. The van der Waals surface area contributed by atoms with Crippen LogP contribution in [0.5, 0.6) is 0 Å². The van der Waals surface area contributed by atoms with Gasteiger partial charge in [0.2, 0.25) is 5.95 Å². The summed E-state index contributed by atoms with van der Waals surface area (Å²) in [5, 5.41) is 15.3. The molecule has 26 heavy (non-hydrogen) atoms. The van der Waals surface area contributed by atoms with Crippen molar-refractivity contribution in [2.24, 2.45) is 0 Å². The molecule has 0 unspecified atom stereocenters. The lowest BCUT2D eigenvalue weighted by atomic mass is 9.91. The second kappa shape index (κ2) is 5.96. The Hall–Kier alpha value is -2.64. The maximum atomic E-state index is 11.0. The molecule has 0 saturated heterocycles.